The number of unbranched alkanes of at least 4 members (excludes halogenated alkanes) is 5. The molecule has 5 nitrogen and oxygen atoms in total. The molecule has 0 aromatic carbocycles. The highest BCUT2D eigenvalue weighted by molar-refractivity contribution is 5.74. The SMILES string of the molecule is CCCCCCCCOC(=O)CC(CC=O)CC(=O)OCC. The quantitative estimate of drug-likeness (QED) is 0.279. The van der Waals surface area contributed by atoms with Crippen molar-refractivity contribution in [2.45, 2.75) is 71.6 Å². The van der Waals surface area contributed by atoms with E-state index in [1.165, 1.54) is 25.7 Å². The summed E-state index contributed by atoms with van der Waals surface area (Å²) in [6, 6.07) is 0. The first-order chi connectivity index (χ1) is 10.6. The van der Waals surface area contributed by atoms with E-state index in [2.05, 4.69) is 6.92 Å². The molecule has 0 saturated carbocycles. The predicted octanol–water partition coefficient (Wildman–Crippen LogP) is 3.44. The zero-order chi connectivity index (χ0) is 16.6. The molecule has 0 aliphatic rings. The van der Waals surface area contributed by atoms with Crippen molar-refractivity contribution < 1.29 is 23.9 Å². The Morgan fingerprint density at radius 3 is 2.09 bits per heavy atom. The van der Waals surface area contributed by atoms with E-state index in [0.29, 0.717) is 13.2 Å². The van der Waals surface area contributed by atoms with Crippen LogP contribution in [0.25, 0.3) is 0 Å². The Balaban J connectivity index is 3.83. The Labute approximate surface area is 133 Å². The molecule has 128 valence electrons. The number of carbonyl (C=O) groups excluding carboxylic acids is 3. The highest BCUT2D eigenvalue weighted by atomic mass is 16.5. The first-order valence-corrected chi connectivity index (χ1v) is 8.38. The average Bonchev–Trinajstić information content (AvgIpc) is 2.46. The minimum absolute atomic E-state index is 0.0820. The summed E-state index contributed by atoms with van der Waals surface area (Å²) < 4.78 is 10.00. The third-order valence-electron chi connectivity index (χ3n) is 3.41. The Bertz CT molecular complexity index is 314. The van der Waals surface area contributed by atoms with Gasteiger partial charge >= 0.3 is 11.9 Å². The summed E-state index contributed by atoms with van der Waals surface area (Å²) in [5.41, 5.74) is 0. The van der Waals surface area contributed by atoms with E-state index in [0.717, 1.165) is 19.1 Å². The van der Waals surface area contributed by atoms with Crippen molar-refractivity contribution >= 4 is 18.2 Å². The summed E-state index contributed by atoms with van der Waals surface area (Å²) in [6.45, 7) is 4.61. The number of hydrogen-bond donors (Lipinski definition) is 0. The van der Waals surface area contributed by atoms with Crippen LogP contribution in [0.1, 0.15) is 71.6 Å². The summed E-state index contributed by atoms with van der Waals surface area (Å²) in [7, 11) is 0. The van der Waals surface area contributed by atoms with Crippen molar-refractivity contribution in [3.05, 3.63) is 0 Å². The summed E-state index contributed by atoms with van der Waals surface area (Å²) in [6.07, 6.45) is 7.86. The Morgan fingerprint density at radius 1 is 0.909 bits per heavy atom. The molecular weight excluding hydrogens is 284 g/mol. The van der Waals surface area contributed by atoms with Crippen LogP contribution in [-0.2, 0) is 23.9 Å². The summed E-state index contributed by atoms with van der Waals surface area (Å²) in [5.74, 6) is -1.05. The Hall–Kier alpha value is -1.39. The largest absolute Gasteiger partial charge is 0.466 e. The van der Waals surface area contributed by atoms with Gasteiger partial charge in [-0.2, -0.15) is 0 Å². The summed E-state index contributed by atoms with van der Waals surface area (Å²) >= 11 is 0. The molecule has 1 unspecified atom stereocenters. The normalized spacial score (nSPS) is 11.7. The maximum Gasteiger partial charge on any atom is 0.306 e. The molecule has 0 N–H and O–H groups in total. The molecule has 0 aliphatic carbocycles. The van der Waals surface area contributed by atoms with Crippen molar-refractivity contribution in [2.75, 3.05) is 13.2 Å². The lowest BCUT2D eigenvalue weighted by Gasteiger charge is -2.12. The molecule has 1 atom stereocenters. The second-order valence-corrected chi connectivity index (χ2v) is 5.47. The number of aldehydes is 1. The molecule has 0 radical (unpaired) electrons. The van der Waals surface area contributed by atoms with Crippen molar-refractivity contribution in [3.8, 4) is 0 Å². The highest BCUT2D eigenvalue weighted by Gasteiger charge is 2.19. The first kappa shape index (κ1) is 20.6. The molecule has 0 rings (SSSR count). The van der Waals surface area contributed by atoms with Crippen molar-refractivity contribution in [3.63, 3.8) is 0 Å². The van der Waals surface area contributed by atoms with Gasteiger partial charge in [-0.15, -0.1) is 0 Å². The van der Waals surface area contributed by atoms with Crippen LogP contribution in [0.15, 0.2) is 0 Å². The number of esters is 2. The van der Waals surface area contributed by atoms with Gasteiger partial charge < -0.3 is 14.3 Å². The van der Waals surface area contributed by atoms with E-state index in [1.54, 1.807) is 6.92 Å². The molecule has 0 amide bonds. The van der Waals surface area contributed by atoms with Crippen LogP contribution >= 0.6 is 0 Å². The van der Waals surface area contributed by atoms with Crippen LogP contribution in [0.4, 0.5) is 0 Å². The standard InChI is InChI=1S/C17H30O5/c1-3-5-6-7-8-9-12-22-17(20)14-15(10-11-18)13-16(19)21-4-2/h11,15H,3-10,12-14H2,1-2H3. The van der Waals surface area contributed by atoms with Crippen LogP contribution in [0.2, 0.25) is 0 Å². The molecule has 0 aromatic heterocycles. The van der Waals surface area contributed by atoms with E-state index in [1.807, 2.05) is 0 Å². The fraction of sp³-hybridized carbons (Fsp3) is 0.824. The van der Waals surface area contributed by atoms with Crippen LogP contribution in [0.3, 0.4) is 0 Å². The van der Waals surface area contributed by atoms with Gasteiger partial charge in [-0.1, -0.05) is 39.0 Å². The van der Waals surface area contributed by atoms with Crippen molar-refractivity contribution in [2.24, 2.45) is 5.92 Å². The van der Waals surface area contributed by atoms with Gasteiger partial charge in [0.1, 0.15) is 6.29 Å². The maximum atomic E-state index is 11.7. The zero-order valence-corrected chi connectivity index (χ0v) is 14.0. The molecule has 0 saturated heterocycles. The van der Waals surface area contributed by atoms with Gasteiger partial charge in [0.25, 0.3) is 0 Å². The average molecular weight is 314 g/mol. The molecule has 0 heterocycles. The van der Waals surface area contributed by atoms with E-state index in [-0.39, 0.29) is 37.1 Å². The van der Waals surface area contributed by atoms with E-state index in [4.69, 9.17) is 9.47 Å². The minimum atomic E-state index is -0.377. The van der Waals surface area contributed by atoms with Crippen LogP contribution < -0.4 is 0 Å². The highest BCUT2D eigenvalue weighted by Crippen LogP contribution is 2.14. The molecule has 0 spiro atoms. The van der Waals surface area contributed by atoms with Gasteiger partial charge in [-0.3, -0.25) is 9.59 Å². The monoisotopic (exact) mass is 314 g/mol. The van der Waals surface area contributed by atoms with Crippen molar-refractivity contribution in [1.82, 2.24) is 0 Å². The number of rotatable bonds is 14. The molecule has 22 heavy (non-hydrogen) atoms. The van der Waals surface area contributed by atoms with Crippen LogP contribution in [-0.4, -0.2) is 31.4 Å². The minimum Gasteiger partial charge on any atom is -0.466 e. The molecule has 0 aromatic rings. The van der Waals surface area contributed by atoms with Gasteiger partial charge in [-0.05, 0) is 19.3 Å². The molecule has 0 fully saturated rings. The lowest BCUT2D eigenvalue weighted by molar-refractivity contribution is -0.147. The third-order valence-corrected chi connectivity index (χ3v) is 3.41. The molecular formula is C17H30O5. The van der Waals surface area contributed by atoms with E-state index >= 15 is 0 Å². The third kappa shape index (κ3) is 12.4. The summed E-state index contributed by atoms with van der Waals surface area (Å²) in [4.78, 5) is 33.7. The second-order valence-electron chi connectivity index (χ2n) is 5.47. The molecule has 5 heteroatoms. The van der Waals surface area contributed by atoms with Gasteiger partial charge in [-0.25, -0.2) is 0 Å². The Kier molecular flexibility index (Phi) is 13.6. The summed E-state index contributed by atoms with van der Waals surface area (Å²) in [5, 5.41) is 0. The number of carbonyl (C=O) groups is 3. The topological polar surface area (TPSA) is 69.7 Å². The number of ether oxygens (including phenoxy) is 2. The predicted molar refractivity (Wildman–Crippen MR) is 84.4 cm³/mol. The molecule has 0 aliphatic heterocycles. The van der Waals surface area contributed by atoms with Gasteiger partial charge in [0.15, 0.2) is 0 Å². The second kappa shape index (κ2) is 14.5. The lowest BCUT2D eigenvalue weighted by Crippen LogP contribution is -2.17. The van der Waals surface area contributed by atoms with E-state index in [9.17, 15) is 14.4 Å². The Morgan fingerprint density at radius 2 is 1.50 bits per heavy atom. The smallest absolute Gasteiger partial charge is 0.306 e. The zero-order valence-electron chi connectivity index (χ0n) is 14.0. The van der Waals surface area contributed by atoms with E-state index < -0.39 is 0 Å². The lowest BCUT2D eigenvalue weighted by atomic mass is 9.98. The van der Waals surface area contributed by atoms with Crippen LogP contribution in [0, 0.1) is 5.92 Å². The molecule has 0 bridgehead atoms. The van der Waals surface area contributed by atoms with Gasteiger partial charge in [0.2, 0.25) is 0 Å². The fourth-order valence-electron chi connectivity index (χ4n) is 2.19. The van der Waals surface area contributed by atoms with Crippen LogP contribution in [0.5, 0.6) is 0 Å². The van der Waals surface area contributed by atoms with Gasteiger partial charge in [0.05, 0.1) is 13.2 Å². The fourth-order valence-corrected chi connectivity index (χ4v) is 2.19. The van der Waals surface area contributed by atoms with Crippen molar-refractivity contribution in [1.29, 1.82) is 0 Å². The van der Waals surface area contributed by atoms with Gasteiger partial charge in [0, 0.05) is 19.3 Å². The maximum absolute atomic E-state index is 11.7. The first-order valence-electron chi connectivity index (χ1n) is 8.38. The number of hydrogen-bond acceptors (Lipinski definition) is 5.